The van der Waals surface area contributed by atoms with Gasteiger partial charge in [-0.25, -0.2) is 9.97 Å². The van der Waals surface area contributed by atoms with Gasteiger partial charge in [0.2, 0.25) is 0 Å². The molecular formula is C15H19N3O. The van der Waals surface area contributed by atoms with Crippen LogP contribution in [-0.2, 0) is 0 Å². The number of methoxy groups -OCH3 is 1. The number of rotatable bonds is 6. The minimum atomic E-state index is 0.0269. The molecule has 0 aliphatic carbocycles. The molecule has 1 unspecified atom stereocenters. The molecule has 1 N–H and O–H groups in total. The maximum Gasteiger partial charge on any atom is 0.124 e. The van der Waals surface area contributed by atoms with Gasteiger partial charge in [0.15, 0.2) is 0 Å². The SMILES string of the molecule is CCCNC(c1ccncn1)c1ccccc1OC. The Balaban J connectivity index is 2.37. The van der Waals surface area contributed by atoms with Crippen molar-refractivity contribution in [3.63, 3.8) is 0 Å². The average Bonchev–Trinajstić information content (AvgIpc) is 2.49. The standard InChI is InChI=1S/C15H19N3O/c1-3-9-17-15(13-8-10-16-11-18-13)12-6-4-5-7-14(12)19-2/h4-8,10-11,15,17H,3,9H2,1-2H3. The van der Waals surface area contributed by atoms with Gasteiger partial charge in [-0.05, 0) is 25.1 Å². The second kappa shape index (κ2) is 6.85. The summed E-state index contributed by atoms with van der Waals surface area (Å²) in [6.45, 7) is 3.07. The minimum Gasteiger partial charge on any atom is -0.496 e. The lowest BCUT2D eigenvalue weighted by Crippen LogP contribution is -2.24. The van der Waals surface area contributed by atoms with Crippen molar-refractivity contribution >= 4 is 0 Å². The third kappa shape index (κ3) is 3.29. The van der Waals surface area contributed by atoms with E-state index in [0.717, 1.165) is 30.0 Å². The average molecular weight is 257 g/mol. The van der Waals surface area contributed by atoms with Gasteiger partial charge in [-0.3, -0.25) is 0 Å². The van der Waals surface area contributed by atoms with E-state index in [-0.39, 0.29) is 6.04 Å². The van der Waals surface area contributed by atoms with Crippen LogP contribution < -0.4 is 10.1 Å². The fourth-order valence-electron chi connectivity index (χ4n) is 2.04. The summed E-state index contributed by atoms with van der Waals surface area (Å²) in [7, 11) is 1.69. The van der Waals surface area contributed by atoms with Gasteiger partial charge >= 0.3 is 0 Å². The summed E-state index contributed by atoms with van der Waals surface area (Å²) in [5.74, 6) is 0.870. The van der Waals surface area contributed by atoms with Gasteiger partial charge < -0.3 is 10.1 Å². The monoisotopic (exact) mass is 257 g/mol. The van der Waals surface area contributed by atoms with E-state index < -0.39 is 0 Å². The molecule has 0 saturated heterocycles. The second-order valence-electron chi connectivity index (χ2n) is 4.26. The third-order valence-corrected chi connectivity index (χ3v) is 2.95. The van der Waals surface area contributed by atoms with Crippen molar-refractivity contribution in [1.82, 2.24) is 15.3 Å². The summed E-state index contributed by atoms with van der Waals surface area (Å²) >= 11 is 0. The van der Waals surface area contributed by atoms with Crippen LogP contribution in [0, 0.1) is 0 Å². The Morgan fingerprint density at radius 3 is 2.79 bits per heavy atom. The molecule has 0 amide bonds. The first-order valence-electron chi connectivity index (χ1n) is 6.49. The molecule has 0 aliphatic rings. The molecule has 0 bridgehead atoms. The molecule has 1 aromatic heterocycles. The Kier molecular flexibility index (Phi) is 4.86. The van der Waals surface area contributed by atoms with Crippen LogP contribution in [0.3, 0.4) is 0 Å². The molecule has 4 nitrogen and oxygen atoms in total. The van der Waals surface area contributed by atoms with E-state index in [1.54, 1.807) is 19.6 Å². The lowest BCUT2D eigenvalue weighted by atomic mass is 10.0. The summed E-state index contributed by atoms with van der Waals surface area (Å²) in [6.07, 6.45) is 4.40. The van der Waals surface area contributed by atoms with Gasteiger partial charge in [0, 0.05) is 11.8 Å². The van der Waals surface area contributed by atoms with Crippen molar-refractivity contribution in [1.29, 1.82) is 0 Å². The number of benzene rings is 1. The Labute approximate surface area is 113 Å². The Morgan fingerprint density at radius 1 is 1.26 bits per heavy atom. The van der Waals surface area contributed by atoms with Gasteiger partial charge in [0.1, 0.15) is 12.1 Å². The highest BCUT2D eigenvalue weighted by Gasteiger charge is 2.18. The predicted molar refractivity (Wildman–Crippen MR) is 75.2 cm³/mol. The van der Waals surface area contributed by atoms with E-state index in [1.165, 1.54) is 0 Å². The first-order chi connectivity index (χ1) is 9.36. The van der Waals surface area contributed by atoms with Crippen LogP contribution in [0.25, 0.3) is 0 Å². The molecule has 19 heavy (non-hydrogen) atoms. The normalized spacial score (nSPS) is 12.1. The smallest absolute Gasteiger partial charge is 0.124 e. The molecular weight excluding hydrogens is 238 g/mol. The van der Waals surface area contributed by atoms with Crippen LogP contribution in [0.4, 0.5) is 0 Å². The summed E-state index contributed by atoms with van der Waals surface area (Å²) in [6, 6.07) is 9.98. The summed E-state index contributed by atoms with van der Waals surface area (Å²) < 4.78 is 5.44. The number of hydrogen-bond donors (Lipinski definition) is 1. The number of nitrogens with zero attached hydrogens (tertiary/aromatic N) is 2. The number of nitrogens with one attached hydrogen (secondary N) is 1. The van der Waals surface area contributed by atoms with E-state index in [0.29, 0.717) is 0 Å². The van der Waals surface area contributed by atoms with Gasteiger partial charge in [0.05, 0.1) is 18.8 Å². The Bertz CT molecular complexity index is 502. The van der Waals surface area contributed by atoms with Crippen molar-refractivity contribution in [3.05, 3.63) is 54.1 Å². The van der Waals surface area contributed by atoms with Gasteiger partial charge in [-0.15, -0.1) is 0 Å². The highest BCUT2D eigenvalue weighted by molar-refractivity contribution is 5.39. The Morgan fingerprint density at radius 2 is 2.11 bits per heavy atom. The zero-order chi connectivity index (χ0) is 13.5. The van der Waals surface area contributed by atoms with E-state index in [1.807, 2.05) is 24.3 Å². The van der Waals surface area contributed by atoms with Crippen molar-refractivity contribution in [2.24, 2.45) is 0 Å². The van der Waals surface area contributed by atoms with Crippen LogP contribution in [-0.4, -0.2) is 23.6 Å². The summed E-state index contributed by atoms with van der Waals surface area (Å²) in [4.78, 5) is 8.33. The number of aromatic nitrogens is 2. The first kappa shape index (κ1) is 13.5. The molecule has 2 rings (SSSR count). The van der Waals surface area contributed by atoms with Crippen molar-refractivity contribution in [2.75, 3.05) is 13.7 Å². The molecule has 0 saturated carbocycles. The van der Waals surface area contributed by atoms with Crippen LogP contribution in [0.5, 0.6) is 5.75 Å². The van der Waals surface area contributed by atoms with Crippen molar-refractivity contribution in [3.8, 4) is 5.75 Å². The zero-order valence-corrected chi connectivity index (χ0v) is 11.3. The molecule has 0 fully saturated rings. The number of hydrogen-bond acceptors (Lipinski definition) is 4. The summed E-state index contributed by atoms with van der Waals surface area (Å²) in [5.41, 5.74) is 2.05. The van der Waals surface area contributed by atoms with E-state index in [2.05, 4.69) is 28.3 Å². The molecule has 1 atom stereocenters. The maximum absolute atomic E-state index is 5.44. The molecule has 0 spiro atoms. The molecule has 1 aromatic carbocycles. The zero-order valence-electron chi connectivity index (χ0n) is 11.3. The van der Waals surface area contributed by atoms with Crippen LogP contribution in [0.1, 0.15) is 30.6 Å². The van der Waals surface area contributed by atoms with Gasteiger partial charge in [-0.2, -0.15) is 0 Å². The van der Waals surface area contributed by atoms with Gasteiger partial charge in [-0.1, -0.05) is 25.1 Å². The quantitative estimate of drug-likeness (QED) is 0.864. The van der Waals surface area contributed by atoms with E-state index in [9.17, 15) is 0 Å². The molecule has 4 heteroatoms. The topological polar surface area (TPSA) is 47.0 Å². The predicted octanol–water partition coefficient (Wildman–Crippen LogP) is 2.57. The van der Waals surface area contributed by atoms with Crippen LogP contribution >= 0.6 is 0 Å². The Hall–Kier alpha value is -1.94. The second-order valence-corrected chi connectivity index (χ2v) is 4.26. The summed E-state index contributed by atoms with van der Waals surface area (Å²) in [5, 5.41) is 3.51. The number of para-hydroxylation sites is 1. The van der Waals surface area contributed by atoms with Crippen LogP contribution in [0.2, 0.25) is 0 Å². The fraction of sp³-hybridized carbons (Fsp3) is 0.333. The maximum atomic E-state index is 5.44. The van der Waals surface area contributed by atoms with E-state index >= 15 is 0 Å². The molecule has 0 radical (unpaired) electrons. The lowest BCUT2D eigenvalue weighted by Gasteiger charge is -2.20. The molecule has 1 heterocycles. The van der Waals surface area contributed by atoms with Crippen molar-refractivity contribution in [2.45, 2.75) is 19.4 Å². The molecule has 2 aromatic rings. The third-order valence-electron chi connectivity index (χ3n) is 2.95. The first-order valence-corrected chi connectivity index (χ1v) is 6.49. The highest BCUT2D eigenvalue weighted by atomic mass is 16.5. The van der Waals surface area contributed by atoms with E-state index in [4.69, 9.17) is 4.74 Å². The molecule has 0 aliphatic heterocycles. The fourth-order valence-corrected chi connectivity index (χ4v) is 2.04. The highest BCUT2D eigenvalue weighted by Crippen LogP contribution is 2.28. The minimum absolute atomic E-state index is 0.0269. The lowest BCUT2D eigenvalue weighted by molar-refractivity contribution is 0.403. The van der Waals surface area contributed by atoms with Gasteiger partial charge in [0.25, 0.3) is 0 Å². The molecule has 100 valence electrons. The largest absolute Gasteiger partial charge is 0.496 e. The number of ether oxygens (including phenoxy) is 1. The van der Waals surface area contributed by atoms with Crippen molar-refractivity contribution < 1.29 is 4.74 Å². The van der Waals surface area contributed by atoms with Crippen LogP contribution in [0.15, 0.2) is 42.9 Å².